The number of aliphatic hydroxyl groups excluding tert-OH is 1. The second-order valence-corrected chi connectivity index (χ2v) is 10.5. The van der Waals surface area contributed by atoms with E-state index in [1.165, 1.54) is 70.6 Å². The average Bonchev–Trinajstić information content (AvgIpc) is 2.67. The molecule has 0 heterocycles. The smallest absolute Gasteiger partial charge is 0.748 e. The SMILES string of the molecule is CCCCCCCC(O)CCCCCCCCCCCCC(CCC)S(=O)(=O)[O-].[Na+]. The van der Waals surface area contributed by atoms with Crippen molar-refractivity contribution in [3.63, 3.8) is 0 Å². The molecule has 1 N–H and O–H groups in total. The van der Waals surface area contributed by atoms with Gasteiger partial charge < -0.3 is 9.66 Å². The van der Waals surface area contributed by atoms with Gasteiger partial charge in [0.25, 0.3) is 0 Å². The molecule has 0 aromatic rings. The van der Waals surface area contributed by atoms with E-state index >= 15 is 0 Å². The zero-order chi connectivity index (χ0) is 21.8. The molecule has 0 aromatic carbocycles. The minimum atomic E-state index is -4.12. The zero-order valence-corrected chi connectivity index (χ0v) is 23.2. The fraction of sp³-hybridized carbons (Fsp3) is 1.00. The second-order valence-electron chi connectivity index (χ2n) is 8.87. The van der Waals surface area contributed by atoms with Gasteiger partial charge in [-0.15, -0.1) is 0 Å². The molecule has 176 valence electrons. The Kier molecular flexibility index (Phi) is 25.4. The third-order valence-electron chi connectivity index (χ3n) is 5.97. The second kappa shape index (κ2) is 23.0. The Balaban J connectivity index is 0. The van der Waals surface area contributed by atoms with Crippen LogP contribution in [0.2, 0.25) is 0 Å². The summed E-state index contributed by atoms with van der Waals surface area (Å²) in [7, 11) is -4.12. The van der Waals surface area contributed by atoms with Crippen molar-refractivity contribution in [1.29, 1.82) is 0 Å². The standard InChI is InChI=1S/C24H50O4S.Na/c1-3-5-6-13-16-20-23(25)21-17-14-11-9-7-8-10-12-15-18-22-24(19-4-2)29(26,27)28;/h23-25H,3-22H2,1-2H3,(H,26,27,28);/q;+1/p-1. The van der Waals surface area contributed by atoms with Gasteiger partial charge in [0.05, 0.1) is 16.2 Å². The average molecular weight is 457 g/mol. The Morgan fingerprint density at radius 1 is 0.600 bits per heavy atom. The van der Waals surface area contributed by atoms with Crippen molar-refractivity contribution >= 4 is 10.1 Å². The quantitative estimate of drug-likeness (QED) is 0.151. The van der Waals surface area contributed by atoms with E-state index in [1.54, 1.807) is 0 Å². The van der Waals surface area contributed by atoms with E-state index in [9.17, 15) is 18.1 Å². The Morgan fingerprint density at radius 3 is 1.33 bits per heavy atom. The molecule has 0 rings (SSSR count). The van der Waals surface area contributed by atoms with E-state index in [-0.39, 0.29) is 35.7 Å². The van der Waals surface area contributed by atoms with Crippen molar-refractivity contribution in [1.82, 2.24) is 0 Å². The van der Waals surface area contributed by atoms with Crippen LogP contribution >= 0.6 is 0 Å². The summed E-state index contributed by atoms with van der Waals surface area (Å²) < 4.78 is 33.5. The van der Waals surface area contributed by atoms with Crippen molar-refractivity contribution in [2.75, 3.05) is 0 Å². The van der Waals surface area contributed by atoms with E-state index < -0.39 is 15.4 Å². The molecule has 6 heteroatoms. The molecule has 30 heavy (non-hydrogen) atoms. The van der Waals surface area contributed by atoms with Crippen LogP contribution < -0.4 is 29.6 Å². The molecule has 2 unspecified atom stereocenters. The van der Waals surface area contributed by atoms with Gasteiger partial charge in [0.15, 0.2) is 0 Å². The molecule has 2 atom stereocenters. The maximum absolute atomic E-state index is 11.2. The van der Waals surface area contributed by atoms with Gasteiger partial charge in [-0.25, -0.2) is 8.42 Å². The van der Waals surface area contributed by atoms with Crippen molar-refractivity contribution in [2.45, 2.75) is 154 Å². The van der Waals surface area contributed by atoms with Gasteiger partial charge in [-0.1, -0.05) is 117 Å². The molecule has 0 radical (unpaired) electrons. The molecule has 0 aromatic heterocycles. The van der Waals surface area contributed by atoms with Crippen LogP contribution in [0.25, 0.3) is 0 Å². The molecule has 0 amide bonds. The first kappa shape index (κ1) is 33.0. The van der Waals surface area contributed by atoms with E-state index in [1.807, 2.05) is 6.92 Å². The number of hydrogen-bond donors (Lipinski definition) is 1. The molecule has 0 spiro atoms. The number of aliphatic hydroxyl groups is 1. The van der Waals surface area contributed by atoms with Crippen molar-refractivity contribution < 1.29 is 47.6 Å². The third-order valence-corrected chi connectivity index (χ3v) is 7.26. The third kappa shape index (κ3) is 22.1. The van der Waals surface area contributed by atoms with E-state index in [4.69, 9.17) is 0 Å². The van der Waals surface area contributed by atoms with Crippen LogP contribution in [0.4, 0.5) is 0 Å². The van der Waals surface area contributed by atoms with Gasteiger partial charge in [-0.3, -0.25) is 0 Å². The minimum Gasteiger partial charge on any atom is -0.748 e. The molecule has 0 aliphatic rings. The molecule has 4 nitrogen and oxygen atoms in total. The zero-order valence-electron chi connectivity index (χ0n) is 20.4. The number of rotatable bonds is 22. The Hall–Kier alpha value is 0.870. The van der Waals surface area contributed by atoms with Crippen LogP contribution in [-0.2, 0) is 10.1 Å². The van der Waals surface area contributed by atoms with Gasteiger partial charge in [0.2, 0.25) is 0 Å². The monoisotopic (exact) mass is 456 g/mol. The predicted molar refractivity (Wildman–Crippen MR) is 123 cm³/mol. The largest absolute Gasteiger partial charge is 1.00 e. The Morgan fingerprint density at radius 2 is 0.967 bits per heavy atom. The van der Waals surface area contributed by atoms with E-state index in [0.717, 1.165) is 44.9 Å². The summed E-state index contributed by atoms with van der Waals surface area (Å²) in [6.07, 6.45) is 21.7. The maximum Gasteiger partial charge on any atom is 1.00 e. The maximum atomic E-state index is 11.2. The first-order valence-electron chi connectivity index (χ1n) is 12.5. The fourth-order valence-corrected chi connectivity index (χ4v) is 5.03. The summed E-state index contributed by atoms with van der Waals surface area (Å²) in [5.74, 6) is 0. The van der Waals surface area contributed by atoms with Crippen LogP contribution in [0.15, 0.2) is 0 Å². The van der Waals surface area contributed by atoms with Crippen LogP contribution in [0.5, 0.6) is 0 Å². The van der Waals surface area contributed by atoms with Gasteiger partial charge in [-0.2, -0.15) is 0 Å². The summed E-state index contributed by atoms with van der Waals surface area (Å²) in [5, 5.41) is 9.33. The first-order valence-corrected chi connectivity index (χ1v) is 14.0. The van der Waals surface area contributed by atoms with Gasteiger partial charge in [0, 0.05) is 5.25 Å². The molecule has 0 saturated carbocycles. The molecule has 0 aliphatic carbocycles. The fourth-order valence-electron chi connectivity index (χ4n) is 4.05. The summed E-state index contributed by atoms with van der Waals surface area (Å²) in [6, 6.07) is 0. The Labute approximate surface area is 210 Å². The van der Waals surface area contributed by atoms with Crippen molar-refractivity contribution in [3.8, 4) is 0 Å². The topological polar surface area (TPSA) is 77.4 Å². The summed E-state index contributed by atoms with van der Waals surface area (Å²) >= 11 is 0. The molecular formula is C24H49NaO4S. The van der Waals surface area contributed by atoms with E-state index in [0.29, 0.717) is 12.8 Å². The summed E-state index contributed by atoms with van der Waals surface area (Å²) in [4.78, 5) is 0. The van der Waals surface area contributed by atoms with E-state index in [2.05, 4.69) is 6.92 Å². The summed E-state index contributed by atoms with van der Waals surface area (Å²) in [5.41, 5.74) is 0. The minimum absolute atomic E-state index is 0. The number of unbranched alkanes of at least 4 members (excludes halogenated alkanes) is 13. The molecular weight excluding hydrogens is 407 g/mol. The van der Waals surface area contributed by atoms with Crippen LogP contribution in [0, 0.1) is 0 Å². The number of hydrogen-bond acceptors (Lipinski definition) is 4. The summed E-state index contributed by atoms with van der Waals surface area (Å²) in [6.45, 7) is 4.16. The predicted octanol–water partition coefficient (Wildman–Crippen LogP) is 4.11. The Bertz CT molecular complexity index is 442. The van der Waals surface area contributed by atoms with Crippen LogP contribution in [0.3, 0.4) is 0 Å². The van der Waals surface area contributed by atoms with Gasteiger partial charge in [0.1, 0.15) is 0 Å². The van der Waals surface area contributed by atoms with Crippen LogP contribution in [-0.4, -0.2) is 29.4 Å². The molecule has 0 fully saturated rings. The normalized spacial score (nSPS) is 13.7. The molecule has 0 saturated heterocycles. The van der Waals surface area contributed by atoms with Gasteiger partial charge >= 0.3 is 29.6 Å². The first-order chi connectivity index (χ1) is 13.9. The van der Waals surface area contributed by atoms with Crippen molar-refractivity contribution in [3.05, 3.63) is 0 Å². The van der Waals surface area contributed by atoms with Crippen LogP contribution in [0.1, 0.15) is 142 Å². The van der Waals surface area contributed by atoms with Gasteiger partial charge in [-0.05, 0) is 25.7 Å². The van der Waals surface area contributed by atoms with Crippen molar-refractivity contribution in [2.24, 2.45) is 0 Å². The molecule has 0 aliphatic heterocycles. The molecule has 0 bridgehead atoms.